The summed E-state index contributed by atoms with van der Waals surface area (Å²) < 4.78 is 32.9. The number of hydrogen-bond donors (Lipinski definition) is 1. The lowest BCUT2D eigenvalue weighted by atomic mass is 10.1. The minimum Gasteiger partial charge on any atom is -0.496 e. The highest BCUT2D eigenvalue weighted by molar-refractivity contribution is 5.97. The zero-order chi connectivity index (χ0) is 17.6. The molecular weight excluding hydrogens is 328 g/mol. The van der Waals surface area contributed by atoms with Crippen molar-refractivity contribution in [2.24, 2.45) is 0 Å². The second-order valence-electron chi connectivity index (χ2n) is 6.57. The first-order valence-electron chi connectivity index (χ1n) is 8.47. The van der Waals surface area contributed by atoms with Crippen LogP contribution in [0.1, 0.15) is 46.1 Å². The number of carbonyl (C=O) groups excluding carboxylic acids is 1. The van der Waals surface area contributed by atoms with E-state index in [4.69, 9.17) is 4.74 Å². The molecule has 1 aliphatic carbocycles. The van der Waals surface area contributed by atoms with Gasteiger partial charge in [0.25, 0.3) is 5.91 Å². The molecule has 1 amide bonds. The maximum atomic E-state index is 14.2. The third-order valence-electron chi connectivity index (χ3n) is 4.99. The predicted octanol–water partition coefficient (Wildman–Crippen LogP) is 2.81. The first-order valence-corrected chi connectivity index (χ1v) is 8.47. The number of carbonyl (C=O) groups is 1. The Balaban J connectivity index is 1.59. The zero-order valence-corrected chi connectivity index (χ0v) is 13.9. The smallest absolute Gasteiger partial charge is 0.260 e. The monoisotopic (exact) mass is 347 g/mol. The topological polar surface area (TPSA) is 58.2 Å². The minimum atomic E-state index is -1.16. The first-order chi connectivity index (χ1) is 12.1. The number of ether oxygens (including phenoxy) is 1. The van der Waals surface area contributed by atoms with Gasteiger partial charge in [0.05, 0.1) is 12.8 Å². The molecule has 0 radical (unpaired) electrons. The summed E-state index contributed by atoms with van der Waals surface area (Å²) >= 11 is 0. The van der Waals surface area contributed by atoms with Crippen LogP contribution >= 0.6 is 0 Å². The molecule has 2 aliphatic rings. The number of methoxy groups -OCH3 is 1. The fourth-order valence-corrected chi connectivity index (χ4v) is 3.47. The van der Waals surface area contributed by atoms with Crippen LogP contribution in [0.15, 0.2) is 12.1 Å². The number of nitrogens with one attached hydrogen (secondary N) is 1. The molecule has 0 unspecified atom stereocenters. The number of amides is 1. The van der Waals surface area contributed by atoms with Gasteiger partial charge in [0.2, 0.25) is 0 Å². The molecule has 1 N–H and O–H groups in total. The van der Waals surface area contributed by atoms with Crippen molar-refractivity contribution in [3.63, 3.8) is 0 Å². The standard InChI is InChI=1S/C18H19F2N3O2/c1-25-14-5-4-12(19)16(20)15(14)18(24)23-8-6-11-13(7-9-23)21-22-17(11)10-2-3-10/h4-5,10H,2-3,6-9H2,1H3,(H,21,22). The maximum absolute atomic E-state index is 14.2. The number of aromatic amines is 1. The Labute approximate surface area is 144 Å². The largest absolute Gasteiger partial charge is 0.496 e. The van der Waals surface area contributed by atoms with Crippen LogP contribution < -0.4 is 4.74 Å². The summed E-state index contributed by atoms with van der Waals surface area (Å²) in [6.45, 7) is 0.876. The number of hydrogen-bond acceptors (Lipinski definition) is 3. The van der Waals surface area contributed by atoms with E-state index in [9.17, 15) is 13.6 Å². The summed E-state index contributed by atoms with van der Waals surface area (Å²) in [4.78, 5) is 14.4. The third-order valence-corrected chi connectivity index (χ3v) is 4.99. The second-order valence-corrected chi connectivity index (χ2v) is 6.57. The average Bonchev–Trinajstić information content (AvgIpc) is 3.41. The molecule has 4 rings (SSSR count). The molecule has 7 heteroatoms. The molecule has 1 aromatic carbocycles. The molecule has 132 valence electrons. The number of nitrogens with zero attached hydrogens (tertiary/aromatic N) is 2. The number of fused-ring (bicyclic) bond motifs is 1. The molecule has 0 saturated heterocycles. The van der Waals surface area contributed by atoms with Crippen molar-refractivity contribution in [1.82, 2.24) is 15.1 Å². The van der Waals surface area contributed by atoms with Gasteiger partial charge < -0.3 is 9.64 Å². The lowest BCUT2D eigenvalue weighted by molar-refractivity contribution is 0.0753. The van der Waals surface area contributed by atoms with E-state index in [0.717, 1.165) is 30.3 Å². The van der Waals surface area contributed by atoms with Crippen LogP contribution in [0.2, 0.25) is 0 Å². The van der Waals surface area contributed by atoms with Gasteiger partial charge in [0.15, 0.2) is 11.6 Å². The fourth-order valence-electron chi connectivity index (χ4n) is 3.47. The molecule has 2 heterocycles. The van der Waals surface area contributed by atoms with E-state index in [2.05, 4.69) is 10.2 Å². The third kappa shape index (κ3) is 2.77. The quantitative estimate of drug-likeness (QED) is 0.929. The van der Waals surface area contributed by atoms with Crippen molar-refractivity contribution in [3.8, 4) is 5.75 Å². The second kappa shape index (κ2) is 6.13. The van der Waals surface area contributed by atoms with Crippen molar-refractivity contribution in [3.05, 3.63) is 46.3 Å². The van der Waals surface area contributed by atoms with Crippen molar-refractivity contribution >= 4 is 5.91 Å². The van der Waals surface area contributed by atoms with Crippen LogP contribution in [0.3, 0.4) is 0 Å². The van der Waals surface area contributed by atoms with Gasteiger partial charge in [-0.05, 0) is 37.0 Å². The van der Waals surface area contributed by atoms with E-state index in [-0.39, 0.29) is 11.3 Å². The highest BCUT2D eigenvalue weighted by atomic mass is 19.2. The van der Waals surface area contributed by atoms with Gasteiger partial charge in [0, 0.05) is 31.1 Å². The fraction of sp³-hybridized carbons (Fsp3) is 0.444. The van der Waals surface area contributed by atoms with Crippen molar-refractivity contribution in [1.29, 1.82) is 0 Å². The van der Waals surface area contributed by atoms with Crippen LogP contribution in [0, 0.1) is 11.6 Å². The van der Waals surface area contributed by atoms with Crippen LogP contribution in [-0.2, 0) is 12.8 Å². The normalized spacial score (nSPS) is 17.2. The van der Waals surface area contributed by atoms with E-state index >= 15 is 0 Å². The molecule has 1 aliphatic heterocycles. The Hall–Kier alpha value is -2.44. The van der Waals surface area contributed by atoms with Gasteiger partial charge in [0.1, 0.15) is 11.3 Å². The van der Waals surface area contributed by atoms with E-state index in [1.54, 1.807) is 4.90 Å². The summed E-state index contributed by atoms with van der Waals surface area (Å²) in [5.41, 5.74) is 3.00. The molecule has 1 fully saturated rings. The summed E-state index contributed by atoms with van der Waals surface area (Å²) in [7, 11) is 1.34. The van der Waals surface area contributed by atoms with E-state index in [1.165, 1.54) is 18.7 Å². The number of benzene rings is 1. The summed E-state index contributed by atoms with van der Waals surface area (Å²) in [5.74, 6) is -2.17. The molecule has 2 aromatic rings. The van der Waals surface area contributed by atoms with Gasteiger partial charge in [-0.3, -0.25) is 9.89 Å². The first kappa shape index (κ1) is 16.1. The molecule has 0 bridgehead atoms. The van der Waals surface area contributed by atoms with Crippen molar-refractivity contribution in [2.75, 3.05) is 20.2 Å². The number of rotatable bonds is 3. The molecule has 5 nitrogen and oxygen atoms in total. The Morgan fingerprint density at radius 2 is 2.04 bits per heavy atom. The van der Waals surface area contributed by atoms with Gasteiger partial charge in [-0.2, -0.15) is 5.10 Å². The maximum Gasteiger partial charge on any atom is 0.260 e. The van der Waals surface area contributed by atoms with E-state index in [0.29, 0.717) is 31.8 Å². The number of aromatic nitrogens is 2. The van der Waals surface area contributed by atoms with Crippen LogP contribution in [0.5, 0.6) is 5.75 Å². The SMILES string of the molecule is COc1ccc(F)c(F)c1C(=O)N1CCc2[nH]nc(C3CC3)c2CC1. The van der Waals surface area contributed by atoms with Crippen molar-refractivity contribution < 1.29 is 18.3 Å². The molecule has 25 heavy (non-hydrogen) atoms. The summed E-state index contributed by atoms with van der Waals surface area (Å²) in [5, 5.41) is 7.51. The predicted molar refractivity (Wildman–Crippen MR) is 86.8 cm³/mol. The Morgan fingerprint density at radius 1 is 1.28 bits per heavy atom. The Bertz CT molecular complexity index is 830. The summed E-state index contributed by atoms with van der Waals surface area (Å²) in [6.07, 6.45) is 3.61. The van der Waals surface area contributed by atoms with Crippen LogP contribution in [0.4, 0.5) is 8.78 Å². The van der Waals surface area contributed by atoms with Gasteiger partial charge in [-0.1, -0.05) is 0 Å². The highest BCUT2D eigenvalue weighted by Gasteiger charge is 2.33. The Morgan fingerprint density at radius 3 is 2.76 bits per heavy atom. The van der Waals surface area contributed by atoms with Gasteiger partial charge >= 0.3 is 0 Å². The van der Waals surface area contributed by atoms with E-state index in [1.807, 2.05) is 0 Å². The average molecular weight is 347 g/mol. The van der Waals surface area contributed by atoms with Crippen LogP contribution in [0.25, 0.3) is 0 Å². The summed E-state index contributed by atoms with van der Waals surface area (Å²) in [6, 6.07) is 2.24. The zero-order valence-electron chi connectivity index (χ0n) is 13.9. The highest BCUT2D eigenvalue weighted by Crippen LogP contribution is 2.41. The lowest BCUT2D eigenvalue weighted by Gasteiger charge is -2.22. The van der Waals surface area contributed by atoms with Crippen LogP contribution in [-0.4, -0.2) is 41.2 Å². The van der Waals surface area contributed by atoms with Gasteiger partial charge in [-0.15, -0.1) is 0 Å². The van der Waals surface area contributed by atoms with Gasteiger partial charge in [-0.25, -0.2) is 8.78 Å². The number of halogens is 2. The minimum absolute atomic E-state index is 0.0482. The molecule has 1 saturated carbocycles. The molecule has 1 aromatic heterocycles. The molecule has 0 atom stereocenters. The molecular formula is C18H19F2N3O2. The molecule has 0 spiro atoms. The lowest BCUT2D eigenvalue weighted by Crippen LogP contribution is -2.34. The number of H-pyrrole nitrogens is 1. The Kier molecular flexibility index (Phi) is 3.94. The van der Waals surface area contributed by atoms with E-state index < -0.39 is 17.5 Å². The van der Waals surface area contributed by atoms with Crippen molar-refractivity contribution in [2.45, 2.75) is 31.6 Å².